The number of hydrogen-bond donors (Lipinski definition) is 1. The second-order valence-corrected chi connectivity index (χ2v) is 6.46. The lowest BCUT2D eigenvalue weighted by atomic mass is 10.00. The summed E-state index contributed by atoms with van der Waals surface area (Å²) < 4.78 is 0. The van der Waals surface area contributed by atoms with Crippen molar-refractivity contribution in [2.24, 2.45) is 5.73 Å². The Balaban J connectivity index is 1.84. The molecule has 2 aromatic carbocycles. The van der Waals surface area contributed by atoms with Crippen molar-refractivity contribution in [3.63, 3.8) is 0 Å². The minimum absolute atomic E-state index is 0.116. The van der Waals surface area contributed by atoms with Crippen LogP contribution in [0.1, 0.15) is 42.5 Å². The molecule has 2 aromatic rings. The van der Waals surface area contributed by atoms with Crippen LogP contribution in [0.2, 0.25) is 0 Å². The second-order valence-electron chi connectivity index (χ2n) is 5.43. The van der Waals surface area contributed by atoms with Crippen LogP contribution in [0.25, 0.3) is 0 Å². The molecule has 0 radical (unpaired) electrons. The third-order valence-corrected chi connectivity index (χ3v) is 4.57. The molecule has 2 N–H and O–H groups in total. The first-order valence-corrected chi connectivity index (χ1v) is 8.29. The minimum Gasteiger partial charge on any atom is -0.323 e. The Labute approximate surface area is 126 Å². The fraction of sp³-hybridized carbons (Fsp3) is 0.333. The molecule has 1 atom stereocenters. The largest absolute Gasteiger partial charge is 0.323 e. The van der Waals surface area contributed by atoms with Crippen molar-refractivity contribution in [1.29, 1.82) is 0 Å². The summed E-state index contributed by atoms with van der Waals surface area (Å²) in [6, 6.07) is 19.4. The molecular formula is C18H23NS. The highest BCUT2D eigenvalue weighted by Gasteiger charge is 2.07. The topological polar surface area (TPSA) is 26.0 Å². The molecule has 20 heavy (non-hydrogen) atoms. The van der Waals surface area contributed by atoms with Crippen LogP contribution in [0.3, 0.4) is 0 Å². The quantitative estimate of drug-likeness (QED) is 0.829. The van der Waals surface area contributed by atoms with E-state index in [1.165, 1.54) is 16.7 Å². The van der Waals surface area contributed by atoms with Crippen LogP contribution in [-0.2, 0) is 5.75 Å². The van der Waals surface area contributed by atoms with Crippen LogP contribution in [0.15, 0.2) is 54.6 Å². The predicted molar refractivity (Wildman–Crippen MR) is 90.1 cm³/mol. The van der Waals surface area contributed by atoms with Gasteiger partial charge >= 0.3 is 0 Å². The van der Waals surface area contributed by atoms with Gasteiger partial charge in [-0.25, -0.2) is 0 Å². The summed E-state index contributed by atoms with van der Waals surface area (Å²) >= 11 is 1.89. The molecule has 0 aliphatic heterocycles. The maximum absolute atomic E-state index is 6.26. The molecule has 106 valence electrons. The highest BCUT2D eigenvalue weighted by atomic mass is 32.2. The Kier molecular flexibility index (Phi) is 5.69. The SMILES string of the molecule is CC(C)c1ccc(C(N)CSCc2ccccc2)cc1. The van der Waals surface area contributed by atoms with Crippen LogP contribution in [-0.4, -0.2) is 5.75 Å². The lowest BCUT2D eigenvalue weighted by Crippen LogP contribution is -2.13. The molecule has 0 aliphatic rings. The molecule has 0 aromatic heterocycles. The van der Waals surface area contributed by atoms with Gasteiger partial charge in [-0.3, -0.25) is 0 Å². The van der Waals surface area contributed by atoms with E-state index in [2.05, 4.69) is 68.4 Å². The maximum atomic E-state index is 6.26. The van der Waals surface area contributed by atoms with Gasteiger partial charge in [0.1, 0.15) is 0 Å². The van der Waals surface area contributed by atoms with E-state index in [4.69, 9.17) is 5.73 Å². The van der Waals surface area contributed by atoms with Gasteiger partial charge in [0.2, 0.25) is 0 Å². The highest BCUT2D eigenvalue weighted by Crippen LogP contribution is 2.21. The van der Waals surface area contributed by atoms with Crippen LogP contribution in [0.4, 0.5) is 0 Å². The van der Waals surface area contributed by atoms with Gasteiger partial charge in [-0.15, -0.1) is 0 Å². The number of thioether (sulfide) groups is 1. The van der Waals surface area contributed by atoms with Crippen molar-refractivity contribution in [1.82, 2.24) is 0 Å². The molecule has 1 nitrogen and oxygen atoms in total. The van der Waals surface area contributed by atoms with Crippen molar-refractivity contribution in [2.45, 2.75) is 31.6 Å². The summed E-state index contributed by atoms with van der Waals surface area (Å²) in [5.41, 5.74) is 10.2. The van der Waals surface area contributed by atoms with Crippen LogP contribution >= 0.6 is 11.8 Å². The van der Waals surface area contributed by atoms with E-state index in [9.17, 15) is 0 Å². The number of rotatable bonds is 6. The van der Waals surface area contributed by atoms with Crippen LogP contribution < -0.4 is 5.73 Å². The molecule has 0 aliphatic carbocycles. The van der Waals surface area contributed by atoms with Gasteiger partial charge in [-0.1, -0.05) is 68.4 Å². The fourth-order valence-electron chi connectivity index (χ4n) is 2.10. The Morgan fingerprint density at radius 2 is 1.50 bits per heavy atom. The molecule has 0 bridgehead atoms. The molecule has 0 saturated heterocycles. The Morgan fingerprint density at radius 3 is 2.10 bits per heavy atom. The molecule has 0 spiro atoms. The molecule has 2 heteroatoms. The smallest absolute Gasteiger partial charge is 0.0386 e. The summed E-state index contributed by atoms with van der Waals surface area (Å²) in [6.45, 7) is 4.43. The number of benzene rings is 2. The van der Waals surface area contributed by atoms with Gasteiger partial charge in [-0.05, 0) is 22.6 Å². The first-order chi connectivity index (χ1) is 9.66. The number of nitrogens with two attached hydrogens (primary N) is 1. The standard InChI is InChI=1S/C18H23NS/c1-14(2)16-8-10-17(11-9-16)18(19)13-20-12-15-6-4-3-5-7-15/h3-11,14,18H,12-13,19H2,1-2H3. The second kappa shape index (κ2) is 7.51. The zero-order chi connectivity index (χ0) is 14.4. The molecule has 0 amide bonds. The fourth-order valence-corrected chi connectivity index (χ4v) is 3.09. The van der Waals surface area contributed by atoms with E-state index in [1.54, 1.807) is 0 Å². The summed E-state index contributed by atoms with van der Waals surface area (Å²) in [4.78, 5) is 0. The van der Waals surface area contributed by atoms with Crippen molar-refractivity contribution >= 4 is 11.8 Å². The summed E-state index contributed by atoms with van der Waals surface area (Å²) in [5, 5.41) is 0. The van der Waals surface area contributed by atoms with Gasteiger partial charge in [0.25, 0.3) is 0 Å². The molecule has 2 rings (SSSR count). The van der Waals surface area contributed by atoms with Crippen molar-refractivity contribution in [3.8, 4) is 0 Å². The van der Waals surface area contributed by atoms with E-state index in [-0.39, 0.29) is 6.04 Å². The lowest BCUT2D eigenvalue weighted by molar-refractivity contribution is 0.822. The van der Waals surface area contributed by atoms with Crippen LogP contribution in [0, 0.1) is 0 Å². The third kappa shape index (κ3) is 4.39. The van der Waals surface area contributed by atoms with Gasteiger partial charge in [0, 0.05) is 17.5 Å². The van der Waals surface area contributed by atoms with Crippen molar-refractivity contribution in [2.75, 3.05) is 5.75 Å². The average molecular weight is 285 g/mol. The lowest BCUT2D eigenvalue weighted by Gasteiger charge is -2.13. The predicted octanol–water partition coefficient (Wildman–Crippen LogP) is 4.74. The monoisotopic (exact) mass is 285 g/mol. The molecule has 1 unspecified atom stereocenters. The summed E-state index contributed by atoms with van der Waals surface area (Å²) in [6.07, 6.45) is 0. The van der Waals surface area contributed by atoms with Gasteiger partial charge in [0.05, 0.1) is 0 Å². The van der Waals surface area contributed by atoms with Gasteiger partial charge in [-0.2, -0.15) is 11.8 Å². The van der Waals surface area contributed by atoms with Crippen molar-refractivity contribution < 1.29 is 0 Å². The van der Waals surface area contributed by atoms with Gasteiger partial charge in [0.15, 0.2) is 0 Å². The first-order valence-electron chi connectivity index (χ1n) is 7.14. The Bertz CT molecular complexity index is 505. The summed E-state index contributed by atoms with van der Waals surface area (Å²) in [5.74, 6) is 2.56. The highest BCUT2D eigenvalue weighted by molar-refractivity contribution is 7.98. The molecular weight excluding hydrogens is 262 g/mol. The van der Waals surface area contributed by atoms with Gasteiger partial charge < -0.3 is 5.73 Å². The number of hydrogen-bond acceptors (Lipinski definition) is 2. The zero-order valence-electron chi connectivity index (χ0n) is 12.3. The third-order valence-electron chi connectivity index (χ3n) is 3.44. The van der Waals surface area contributed by atoms with E-state index < -0.39 is 0 Å². The minimum atomic E-state index is 0.116. The zero-order valence-corrected chi connectivity index (χ0v) is 13.1. The van der Waals surface area contributed by atoms with E-state index in [1.807, 2.05) is 11.8 Å². The van der Waals surface area contributed by atoms with Crippen LogP contribution in [0.5, 0.6) is 0 Å². The maximum Gasteiger partial charge on any atom is 0.0386 e. The molecule has 0 fully saturated rings. The average Bonchev–Trinajstić information content (AvgIpc) is 2.48. The normalized spacial score (nSPS) is 12.6. The first kappa shape index (κ1) is 15.1. The Hall–Kier alpha value is -1.25. The van der Waals surface area contributed by atoms with E-state index >= 15 is 0 Å². The van der Waals surface area contributed by atoms with E-state index in [0.717, 1.165) is 11.5 Å². The van der Waals surface area contributed by atoms with Crippen molar-refractivity contribution in [3.05, 3.63) is 71.3 Å². The van der Waals surface area contributed by atoms with E-state index in [0.29, 0.717) is 5.92 Å². The Morgan fingerprint density at radius 1 is 0.900 bits per heavy atom. The summed E-state index contributed by atoms with van der Waals surface area (Å²) in [7, 11) is 0. The molecule has 0 saturated carbocycles. The molecule has 0 heterocycles.